The number of benzene rings is 2. The highest BCUT2D eigenvalue weighted by molar-refractivity contribution is 5.90. The Morgan fingerprint density at radius 3 is 2.75 bits per heavy atom. The lowest BCUT2D eigenvalue weighted by molar-refractivity contribution is -0.130. The molecule has 2 unspecified atom stereocenters. The second-order valence-corrected chi connectivity index (χ2v) is 6.96. The zero-order valence-corrected chi connectivity index (χ0v) is 14.3. The molecule has 2 saturated heterocycles. The minimum atomic E-state index is 0. The molecule has 0 saturated carbocycles. The summed E-state index contributed by atoms with van der Waals surface area (Å²) < 4.78 is 0. The van der Waals surface area contributed by atoms with Gasteiger partial charge in [-0.3, -0.25) is 4.79 Å². The number of hydrogen-bond donors (Lipinski definition) is 0. The summed E-state index contributed by atoms with van der Waals surface area (Å²) in [6, 6.07) is 14.6. The van der Waals surface area contributed by atoms with E-state index in [1.165, 1.54) is 36.7 Å². The molecule has 2 fully saturated rings. The van der Waals surface area contributed by atoms with Gasteiger partial charge in [-0.25, -0.2) is 0 Å². The molecule has 2 radical (unpaired) electrons. The van der Waals surface area contributed by atoms with E-state index in [9.17, 15) is 4.79 Å². The van der Waals surface area contributed by atoms with Gasteiger partial charge in [-0.15, -0.1) is 0 Å². The fraction of sp³-hybridized carbons (Fsp3) is 0.429. The van der Waals surface area contributed by atoms with Gasteiger partial charge in [-0.05, 0) is 41.6 Å². The summed E-state index contributed by atoms with van der Waals surface area (Å²) in [6.45, 7) is 5.26. The van der Waals surface area contributed by atoms with Crippen LogP contribution in [0.15, 0.2) is 42.5 Å². The first-order chi connectivity index (χ1) is 11.3. The van der Waals surface area contributed by atoms with E-state index >= 15 is 0 Å². The number of carbonyl (C=O) groups excluding carboxylic acids is 1. The lowest BCUT2D eigenvalue weighted by Crippen LogP contribution is -2.36. The maximum absolute atomic E-state index is 12.9. The molecule has 0 spiro atoms. The van der Waals surface area contributed by atoms with Crippen LogP contribution in [-0.2, 0) is 11.2 Å². The maximum atomic E-state index is 12.9. The van der Waals surface area contributed by atoms with E-state index in [0.29, 0.717) is 12.3 Å². The van der Waals surface area contributed by atoms with Crippen molar-refractivity contribution in [3.05, 3.63) is 55.5 Å². The minimum Gasteiger partial charge on any atom is -0.341 e. The molecule has 2 aliphatic rings. The number of hydrogen-bond acceptors (Lipinski definition) is 2. The zero-order valence-electron chi connectivity index (χ0n) is 14.3. The molecule has 3 nitrogen and oxygen atoms in total. The number of amides is 1. The van der Waals surface area contributed by atoms with Crippen LogP contribution in [-0.4, -0.2) is 48.4 Å². The van der Waals surface area contributed by atoms with E-state index in [2.05, 4.69) is 52.3 Å². The molecule has 2 aromatic carbocycles. The third-order valence-electron chi connectivity index (χ3n) is 5.34. The summed E-state index contributed by atoms with van der Waals surface area (Å²) in [4.78, 5) is 17.5. The van der Waals surface area contributed by atoms with Crippen molar-refractivity contribution in [1.82, 2.24) is 9.80 Å². The molecular weight excluding hydrogens is 296 g/mol. The lowest BCUT2D eigenvalue weighted by Gasteiger charge is -2.29. The Morgan fingerprint density at radius 2 is 1.83 bits per heavy atom. The minimum absolute atomic E-state index is 0. The molecule has 2 aliphatic heterocycles. The third-order valence-corrected chi connectivity index (χ3v) is 5.34. The van der Waals surface area contributed by atoms with Crippen molar-refractivity contribution in [3.63, 3.8) is 0 Å². The summed E-state index contributed by atoms with van der Waals surface area (Å²) in [6.07, 6.45) is 3.08. The normalized spacial score (nSPS) is 23.4. The summed E-state index contributed by atoms with van der Waals surface area (Å²) in [5.41, 5.74) is 1.15. The van der Waals surface area contributed by atoms with Gasteiger partial charge in [0.05, 0.1) is 6.42 Å². The first kappa shape index (κ1) is 17.0. The molecule has 0 aromatic heterocycles. The van der Waals surface area contributed by atoms with Crippen molar-refractivity contribution >= 4 is 16.7 Å². The molecule has 2 heterocycles. The quantitative estimate of drug-likeness (QED) is 0.847. The highest BCUT2D eigenvalue weighted by Crippen LogP contribution is 2.23. The predicted octanol–water partition coefficient (Wildman–Crippen LogP) is 3.26. The number of rotatable bonds is 2. The topological polar surface area (TPSA) is 23.6 Å². The smallest absolute Gasteiger partial charge is 0.227 e. The van der Waals surface area contributed by atoms with Crippen molar-refractivity contribution in [1.29, 1.82) is 0 Å². The van der Waals surface area contributed by atoms with Gasteiger partial charge in [0, 0.05) is 26.2 Å². The van der Waals surface area contributed by atoms with Crippen LogP contribution in [0.5, 0.6) is 0 Å². The number of carbonyl (C=O) groups is 1. The first-order valence-corrected chi connectivity index (χ1v) is 8.76. The molecular formula is C21H26N2O. The van der Waals surface area contributed by atoms with Gasteiger partial charge < -0.3 is 9.80 Å². The zero-order chi connectivity index (χ0) is 15.6. The fourth-order valence-electron chi connectivity index (χ4n) is 4.12. The van der Waals surface area contributed by atoms with Crippen LogP contribution in [0.1, 0.15) is 18.4 Å². The molecule has 1 amide bonds. The van der Waals surface area contributed by atoms with Crippen LogP contribution in [0.4, 0.5) is 0 Å². The van der Waals surface area contributed by atoms with Crippen LogP contribution in [0.3, 0.4) is 0 Å². The molecule has 4 rings (SSSR count). The Kier molecular flexibility index (Phi) is 5.20. The van der Waals surface area contributed by atoms with Crippen molar-refractivity contribution < 1.29 is 4.79 Å². The van der Waals surface area contributed by atoms with Gasteiger partial charge in [0.25, 0.3) is 0 Å². The summed E-state index contributed by atoms with van der Waals surface area (Å²) >= 11 is 0. The average molecular weight is 322 g/mol. The van der Waals surface area contributed by atoms with E-state index in [-0.39, 0.29) is 13.3 Å². The van der Waals surface area contributed by atoms with Crippen LogP contribution >= 0.6 is 0 Å². The second-order valence-electron chi connectivity index (χ2n) is 6.96. The third kappa shape index (κ3) is 3.46. The first-order valence-electron chi connectivity index (χ1n) is 8.76. The van der Waals surface area contributed by atoms with E-state index in [0.717, 1.165) is 25.2 Å². The summed E-state index contributed by atoms with van der Waals surface area (Å²) in [5.74, 6) is 0.956. The summed E-state index contributed by atoms with van der Waals surface area (Å²) in [5, 5.41) is 2.43. The highest BCUT2D eigenvalue weighted by Gasteiger charge is 2.28. The Labute approximate surface area is 145 Å². The van der Waals surface area contributed by atoms with Crippen molar-refractivity contribution in [2.24, 2.45) is 5.92 Å². The molecule has 2 atom stereocenters. The standard InChI is InChI=1S/C20H24N2O.CH2/c23-20(22-12-11-21-10-4-5-16(14-21)15-22)13-18-8-3-7-17-6-1-2-9-19(17)18;/h1-3,6-9,16H,4-5,10-15H2;1H2. The van der Waals surface area contributed by atoms with Gasteiger partial charge in [-0.1, -0.05) is 49.9 Å². The monoisotopic (exact) mass is 322 g/mol. The molecule has 2 aromatic rings. The Balaban J connectivity index is 0.00000169. The SMILES string of the molecule is O=C(Cc1cccc2ccccc12)N1CCN2CCCC(C2)C1.[CH2]. The van der Waals surface area contributed by atoms with E-state index in [1.54, 1.807) is 0 Å². The second kappa shape index (κ2) is 7.35. The Hall–Kier alpha value is -1.87. The van der Waals surface area contributed by atoms with Gasteiger partial charge in [-0.2, -0.15) is 0 Å². The van der Waals surface area contributed by atoms with Crippen molar-refractivity contribution in [2.45, 2.75) is 19.3 Å². The van der Waals surface area contributed by atoms with Crippen molar-refractivity contribution in [3.8, 4) is 0 Å². The largest absolute Gasteiger partial charge is 0.341 e. The molecule has 3 heteroatoms. The van der Waals surface area contributed by atoms with E-state index in [1.807, 2.05) is 0 Å². The molecule has 0 aliphatic carbocycles. The van der Waals surface area contributed by atoms with Gasteiger partial charge >= 0.3 is 0 Å². The molecule has 126 valence electrons. The van der Waals surface area contributed by atoms with Gasteiger partial charge in [0.15, 0.2) is 0 Å². The van der Waals surface area contributed by atoms with Crippen LogP contribution in [0, 0.1) is 13.3 Å². The number of fused-ring (bicyclic) bond motifs is 3. The Morgan fingerprint density at radius 1 is 1.00 bits per heavy atom. The molecule has 0 N–H and O–H groups in total. The molecule has 24 heavy (non-hydrogen) atoms. The van der Waals surface area contributed by atoms with Crippen LogP contribution in [0.2, 0.25) is 0 Å². The van der Waals surface area contributed by atoms with Gasteiger partial charge in [0.2, 0.25) is 5.91 Å². The predicted molar refractivity (Wildman–Crippen MR) is 98.8 cm³/mol. The van der Waals surface area contributed by atoms with Gasteiger partial charge in [0.1, 0.15) is 0 Å². The highest BCUT2D eigenvalue weighted by atomic mass is 16.2. The summed E-state index contributed by atoms with van der Waals surface area (Å²) in [7, 11) is 0. The van der Waals surface area contributed by atoms with Crippen LogP contribution in [0.25, 0.3) is 10.8 Å². The number of nitrogens with zero attached hydrogens (tertiary/aromatic N) is 2. The van der Waals surface area contributed by atoms with Crippen molar-refractivity contribution in [2.75, 3.05) is 32.7 Å². The average Bonchev–Trinajstić information content (AvgIpc) is 2.73. The lowest BCUT2D eigenvalue weighted by atomic mass is 9.98. The van der Waals surface area contributed by atoms with E-state index < -0.39 is 0 Å². The van der Waals surface area contributed by atoms with E-state index in [4.69, 9.17) is 0 Å². The fourth-order valence-corrected chi connectivity index (χ4v) is 4.12. The number of piperidine rings is 1. The Bertz CT molecular complexity index is 707. The maximum Gasteiger partial charge on any atom is 0.227 e. The van der Waals surface area contributed by atoms with Crippen LogP contribution < -0.4 is 0 Å². The molecule has 2 bridgehead atoms.